The highest BCUT2D eigenvalue weighted by atomic mass is 16.3. The van der Waals surface area contributed by atoms with Crippen LogP contribution in [0.3, 0.4) is 0 Å². The highest BCUT2D eigenvalue weighted by molar-refractivity contribution is 5.84. The van der Waals surface area contributed by atoms with Gasteiger partial charge in [0.2, 0.25) is 0 Å². The molecule has 0 amide bonds. The van der Waals surface area contributed by atoms with Crippen LogP contribution in [0, 0.1) is 11.3 Å². The van der Waals surface area contributed by atoms with Crippen LogP contribution in [-0.2, 0) is 9.59 Å². The Labute approximate surface area is 71.8 Å². The molecular weight excluding hydrogens is 156 g/mol. The minimum Gasteiger partial charge on any atom is -0.396 e. The molecule has 0 bridgehead atoms. The highest BCUT2D eigenvalue weighted by Gasteiger charge is 2.40. The number of aldehydes is 2. The molecule has 1 fully saturated rings. The molecule has 0 saturated heterocycles. The maximum absolute atomic E-state index is 10.7. The third-order valence-electron chi connectivity index (χ3n) is 2.83. The van der Waals surface area contributed by atoms with Gasteiger partial charge in [-0.25, -0.2) is 0 Å². The molecule has 0 aromatic heterocycles. The fraction of sp³-hybridized carbons (Fsp3) is 0.778. The van der Waals surface area contributed by atoms with E-state index in [1.807, 2.05) is 0 Å². The molecule has 0 aliphatic heterocycles. The molecule has 12 heavy (non-hydrogen) atoms. The molecule has 3 heteroatoms. The summed E-state index contributed by atoms with van der Waals surface area (Å²) in [6.45, 7) is -0.0581. The van der Waals surface area contributed by atoms with E-state index in [1.54, 1.807) is 0 Å². The van der Waals surface area contributed by atoms with Gasteiger partial charge in [-0.15, -0.1) is 0 Å². The number of aliphatic hydroxyl groups excluding tert-OH is 1. The lowest BCUT2D eigenvalue weighted by Gasteiger charge is -2.34. The van der Waals surface area contributed by atoms with Gasteiger partial charge in [-0.3, -0.25) is 0 Å². The van der Waals surface area contributed by atoms with E-state index in [1.165, 1.54) is 0 Å². The van der Waals surface area contributed by atoms with Crippen molar-refractivity contribution in [3.05, 3.63) is 0 Å². The van der Waals surface area contributed by atoms with E-state index in [2.05, 4.69) is 0 Å². The second-order valence-electron chi connectivity index (χ2n) is 3.47. The van der Waals surface area contributed by atoms with E-state index in [-0.39, 0.29) is 12.5 Å². The van der Waals surface area contributed by atoms with Gasteiger partial charge >= 0.3 is 0 Å². The van der Waals surface area contributed by atoms with Crippen molar-refractivity contribution >= 4 is 12.6 Å². The topological polar surface area (TPSA) is 54.4 Å². The molecule has 68 valence electrons. The summed E-state index contributed by atoms with van der Waals surface area (Å²) in [7, 11) is 0. The lowest BCUT2D eigenvalue weighted by Crippen LogP contribution is -2.38. The van der Waals surface area contributed by atoms with Crippen molar-refractivity contribution in [2.24, 2.45) is 11.3 Å². The quantitative estimate of drug-likeness (QED) is 0.497. The first kappa shape index (κ1) is 9.39. The highest BCUT2D eigenvalue weighted by Crippen LogP contribution is 2.37. The van der Waals surface area contributed by atoms with E-state index in [4.69, 9.17) is 5.11 Å². The van der Waals surface area contributed by atoms with Crippen molar-refractivity contribution in [3.8, 4) is 0 Å². The summed E-state index contributed by atoms with van der Waals surface area (Å²) in [6.07, 6.45) is 4.72. The normalized spacial score (nSPS) is 27.9. The minimum absolute atomic E-state index is 0.0581. The van der Waals surface area contributed by atoms with E-state index in [0.29, 0.717) is 19.0 Å². The fourth-order valence-corrected chi connectivity index (χ4v) is 1.89. The van der Waals surface area contributed by atoms with Gasteiger partial charge in [-0.1, -0.05) is 12.8 Å². The fourth-order valence-electron chi connectivity index (χ4n) is 1.89. The van der Waals surface area contributed by atoms with Crippen molar-refractivity contribution in [1.82, 2.24) is 0 Å². The average molecular weight is 170 g/mol. The molecule has 0 aromatic carbocycles. The molecule has 0 radical (unpaired) electrons. The Hall–Kier alpha value is -0.700. The standard InChI is InChI=1S/C9H14O3/c10-5-8-3-1-2-4-9(8,6-11)7-12/h6-8,10H,1-5H2. The summed E-state index contributed by atoms with van der Waals surface area (Å²) in [5.41, 5.74) is -0.882. The first-order valence-corrected chi connectivity index (χ1v) is 4.32. The van der Waals surface area contributed by atoms with Crippen LogP contribution in [0.2, 0.25) is 0 Å². The molecule has 1 aliphatic rings. The molecule has 1 saturated carbocycles. The van der Waals surface area contributed by atoms with Crippen molar-refractivity contribution in [3.63, 3.8) is 0 Å². The Bertz CT molecular complexity index is 169. The Kier molecular flexibility index (Phi) is 2.98. The van der Waals surface area contributed by atoms with Crippen LogP contribution in [0.5, 0.6) is 0 Å². The third-order valence-corrected chi connectivity index (χ3v) is 2.83. The summed E-state index contributed by atoms with van der Waals surface area (Å²) >= 11 is 0. The van der Waals surface area contributed by atoms with Crippen LogP contribution < -0.4 is 0 Å². The maximum Gasteiger partial charge on any atom is 0.133 e. The molecule has 0 aromatic rings. The van der Waals surface area contributed by atoms with Gasteiger partial charge in [-0.05, 0) is 12.8 Å². The molecule has 3 nitrogen and oxygen atoms in total. The first-order valence-electron chi connectivity index (χ1n) is 4.32. The molecule has 0 spiro atoms. The number of aliphatic hydroxyl groups is 1. The number of hydrogen-bond donors (Lipinski definition) is 1. The summed E-state index contributed by atoms with van der Waals surface area (Å²) in [5.74, 6) is -0.152. The lowest BCUT2D eigenvalue weighted by atomic mass is 9.68. The first-order chi connectivity index (χ1) is 5.79. The van der Waals surface area contributed by atoms with Crippen molar-refractivity contribution in [2.45, 2.75) is 25.7 Å². The maximum atomic E-state index is 10.7. The third kappa shape index (κ3) is 1.41. The number of hydrogen-bond acceptors (Lipinski definition) is 3. The Morgan fingerprint density at radius 1 is 1.33 bits per heavy atom. The molecule has 1 unspecified atom stereocenters. The Balaban J connectivity index is 2.79. The molecular formula is C9H14O3. The average Bonchev–Trinajstić information content (AvgIpc) is 2.17. The zero-order chi connectivity index (χ0) is 9.03. The predicted octanol–water partition coefficient (Wildman–Crippen LogP) is 0.553. The Morgan fingerprint density at radius 3 is 2.42 bits per heavy atom. The second-order valence-corrected chi connectivity index (χ2v) is 3.47. The smallest absolute Gasteiger partial charge is 0.133 e. The van der Waals surface area contributed by atoms with Crippen molar-refractivity contribution in [2.75, 3.05) is 6.61 Å². The molecule has 0 heterocycles. The second kappa shape index (κ2) is 3.81. The zero-order valence-electron chi connectivity index (χ0n) is 7.03. The van der Waals surface area contributed by atoms with Crippen LogP contribution in [0.25, 0.3) is 0 Å². The van der Waals surface area contributed by atoms with Crippen molar-refractivity contribution in [1.29, 1.82) is 0 Å². The van der Waals surface area contributed by atoms with Crippen LogP contribution in [0.4, 0.5) is 0 Å². The number of carbonyl (C=O) groups excluding carboxylic acids is 2. The van der Waals surface area contributed by atoms with Crippen molar-refractivity contribution < 1.29 is 14.7 Å². The van der Waals surface area contributed by atoms with E-state index in [9.17, 15) is 9.59 Å². The zero-order valence-corrected chi connectivity index (χ0v) is 7.03. The van der Waals surface area contributed by atoms with E-state index >= 15 is 0 Å². The van der Waals surface area contributed by atoms with Gasteiger partial charge in [0.15, 0.2) is 0 Å². The van der Waals surface area contributed by atoms with Gasteiger partial charge < -0.3 is 14.7 Å². The van der Waals surface area contributed by atoms with E-state index in [0.717, 1.165) is 19.3 Å². The SMILES string of the molecule is O=CC1(C=O)CCCCC1CO. The van der Waals surface area contributed by atoms with E-state index < -0.39 is 5.41 Å². The molecule has 1 atom stereocenters. The van der Waals surface area contributed by atoms with Gasteiger partial charge in [0.05, 0.1) is 5.41 Å². The van der Waals surface area contributed by atoms with Gasteiger partial charge in [0.1, 0.15) is 12.6 Å². The number of rotatable bonds is 3. The van der Waals surface area contributed by atoms with Crippen LogP contribution >= 0.6 is 0 Å². The monoisotopic (exact) mass is 170 g/mol. The van der Waals surface area contributed by atoms with Crippen LogP contribution in [-0.4, -0.2) is 24.3 Å². The Morgan fingerprint density at radius 2 is 2.00 bits per heavy atom. The van der Waals surface area contributed by atoms with Crippen LogP contribution in [0.15, 0.2) is 0 Å². The molecule has 1 aliphatic carbocycles. The van der Waals surface area contributed by atoms with Gasteiger partial charge in [-0.2, -0.15) is 0 Å². The largest absolute Gasteiger partial charge is 0.396 e. The molecule has 1 N–H and O–H groups in total. The van der Waals surface area contributed by atoms with Crippen LogP contribution in [0.1, 0.15) is 25.7 Å². The van der Waals surface area contributed by atoms with Gasteiger partial charge in [0, 0.05) is 12.5 Å². The summed E-state index contributed by atoms with van der Waals surface area (Å²) < 4.78 is 0. The minimum atomic E-state index is -0.882. The predicted molar refractivity (Wildman–Crippen MR) is 43.6 cm³/mol. The number of carbonyl (C=O) groups is 2. The van der Waals surface area contributed by atoms with Gasteiger partial charge in [0.25, 0.3) is 0 Å². The summed E-state index contributed by atoms with van der Waals surface area (Å²) in [6, 6.07) is 0. The molecule has 1 rings (SSSR count). The summed E-state index contributed by atoms with van der Waals surface area (Å²) in [4.78, 5) is 21.5. The lowest BCUT2D eigenvalue weighted by molar-refractivity contribution is -0.133. The summed E-state index contributed by atoms with van der Waals surface area (Å²) in [5, 5.41) is 8.97.